The lowest BCUT2D eigenvalue weighted by molar-refractivity contribution is 0.669. The molecular weight excluding hydrogens is 621 g/mol. The Morgan fingerprint density at radius 2 is 0.941 bits per heavy atom. The van der Waals surface area contributed by atoms with E-state index < -0.39 is 0 Å². The summed E-state index contributed by atoms with van der Waals surface area (Å²) in [7, 11) is 0. The molecule has 10 rings (SSSR count). The van der Waals surface area contributed by atoms with Crippen LogP contribution in [0.15, 0.2) is 199 Å². The van der Waals surface area contributed by atoms with Crippen molar-refractivity contribution in [3.05, 3.63) is 194 Å². The Bertz CT molecular complexity index is 2820. The van der Waals surface area contributed by atoms with Crippen molar-refractivity contribution in [3.63, 3.8) is 0 Å². The molecule has 0 radical (unpaired) electrons. The molecule has 0 atom stereocenters. The number of hydrogen-bond donors (Lipinski definition) is 0. The second kappa shape index (κ2) is 11.9. The second-order valence-electron chi connectivity index (χ2n) is 12.9. The largest absolute Gasteiger partial charge is 0.456 e. The molecular formula is C48H32N2O. The van der Waals surface area contributed by atoms with Crippen LogP contribution in [0.2, 0.25) is 0 Å². The van der Waals surface area contributed by atoms with E-state index in [2.05, 4.69) is 198 Å². The molecule has 3 heteroatoms. The first kappa shape index (κ1) is 29.1. The Hall–Kier alpha value is -6.84. The summed E-state index contributed by atoms with van der Waals surface area (Å²) in [5.41, 5.74) is 13.1. The van der Waals surface area contributed by atoms with Crippen LogP contribution < -0.4 is 4.90 Å². The van der Waals surface area contributed by atoms with Gasteiger partial charge in [-0.15, -0.1) is 0 Å². The van der Waals surface area contributed by atoms with E-state index in [-0.39, 0.29) is 0 Å². The van der Waals surface area contributed by atoms with Crippen LogP contribution in [0, 0.1) is 0 Å². The Balaban J connectivity index is 1.27. The van der Waals surface area contributed by atoms with Gasteiger partial charge < -0.3 is 13.9 Å². The van der Waals surface area contributed by atoms with Crippen LogP contribution >= 0.6 is 0 Å². The van der Waals surface area contributed by atoms with Gasteiger partial charge in [-0.25, -0.2) is 0 Å². The smallest absolute Gasteiger partial charge is 0.138 e. The summed E-state index contributed by atoms with van der Waals surface area (Å²) in [6, 6.07) is 69.0. The van der Waals surface area contributed by atoms with Gasteiger partial charge in [-0.2, -0.15) is 0 Å². The first-order valence-corrected chi connectivity index (χ1v) is 17.4. The maximum Gasteiger partial charge on any atom is 0.138 e. The quantitative estimate of drug-likeness (QED) is 0.178. The predicted molar refractivity (Wildman–Crippen MR) is 214 cm³/mol. The topological polar surface area (TPSA) is 21.3 Å². The fraction of sp³-hybridized carbons (Fsp3) is 0. The highest BCUT2D eigenvalue weighted by molar-refractivity contribution is 6.27. The van der Waals surface area contributed by atoms with E-state index in [0.29, 0.717) is 0 Å². The molecule has 0 aliphatic carbocycles. The molecule has 2 heterocycles. The van der Waals surface area contributed by atoms with Crippen molar-refractivity contribution in [1.82, 2.24) is 4.57 Å². The van der Waals surface area contributed by atoms with E-state index in [4.69, 9.17) is 4.42 Å². The zero-order chi connectivity index (χ0) is 33.7. The van der Waals surface area contributed by atoms with Gasteiger partial charge in [-0.3, -0.25) is 0 Å². The zero-order valence-corrected chi connectivity index (χ0v) is 27.8. The van der Waals surface area contributed by atoms with Crippen molar-refractivity contribution in [3.8, 4) is 27.9 Å². The van der Waals surface area contributed by atoms with Crippen molar-refractivity contribution < 1.29 is 4.42 Å². The lowest BCUT2D eigenvalue weighted by Gasteiger charge is -2.26. The van der Waals surface area contributed by atoms with Crippen LogP contribution in [0.5, 0.6) is 0 Å². The van der Waals surface area contributed by atoms with Gasteiger partial charge in [-0.05, 0) is 71.3 Å². The van der Waals surface area contributed by atoms with E-state index >= 15 is 0 Å². The standard InChI is InChI=1S/C48H32N2O/c1-5-15-33(16-6-1)34-25-27-38(28-26-34)49(36-19-9-3-10-20-36)39-29-30-40-42(31-39)50(37-21-11-4-12-22-37)43-32-45-48(41-23-13-14-24-44(41)51-45)46(47(40)43)35-17-7-2-8-18-35/h1-32H. The van der Waals surface area contributed by atoms with E-state index in [1.54, 1.807) is 0 Å². The number of aromatic nitrogens is 1. The summed E-state index contributed by atoms with van der Waals surface area (Å²) < 4.78 is 9.00. The van der Waals surface area contributed by atoms with E-state index in [9.17, 15) is 0 Å². The van der Waals surface area contributed by atoms with Gasteiger partial charge in [0.2, 0.25) is 0 Å². The van der Waals surface area contributed by atoms with E-state index in [0.717, 1.165) is 55.7 Å². The molecule has 0 saturated heterocycles. The van der Waals surface area contributed by atoms with Crippen molar-refractivity contribution in [2.45, 2.75) is 0 Å². The average molecular weight is 653 g/mol. The van der Waals surface area contributed by atoms with Gasteiger partial charge in [0.15, 0.2) is 0 Å². The molecule has 0 bridgehead atoms. The maximum absolute atomic E-state index is 6.61. The summed E-state index contributed by atoms with van der Waals surface area (Å²) in [5.74, 6) is 0. The molecule has 2 aromatic heterocycles. The highest BCUT2D eigenvalue weighted by Crippen LogP contribution is 2.47. The Morgan fingerprint density at radius 3 is 1.67 bits per heavy atom. The molecule has 0 amide bonds. The normalized spacial score (nSPS) is 11.5. The third kappa shape index (κ3) is 4.82. The Kier molecular flexibility index (Phi) is 6.81. The minimum absolute atomic E-state index is 0.882. The lowest BCUT2D eigenvalue weighted by Crippen LogP contribution is -2.10. The van der Waals surface area contributed by atoms with Crippen LogP contribution in [-0.2, 0) is 0 Å². The summed E-state index contributed by atoms with van der Waals surface area (Å²) in [4.78, 5) is 2.35. The van der Waals surface area contributed by atoms with Crippen molar-refractivity contribution in [1.29, 1.82) is 0 Å². The molecule has 0 unspecified atom stereocenters. The third-order valence-electron chi connectivity index (χ3n) is 9.96. The Labute approximate surface area is 295 Å². The van der Waals surface area contributed by atoms with Crippen molar-refractivity contribution in [2.24, 2.45) is 0 Å². The summed E-state index contributed by atoms with van der Waals surface area (Å²) in [6.45, 7) is 0. The number of furan rings is 1. The fourth-order valence-corrected chi connectivity index (χ4v) is 7.71. The molecule has 3 nitrogen and oxygen atoms in total. The van der Waals surface area contributed by atoms with E-state index in [1.807, 2.05) is 6.07 Å². The molecule has 0 saturated carbocycles. The summed E-state index contributed by atoms with van der Waals surface area (Å²) in [5, 5.41) is 4.67. The fourth-order valence-electron chi connectivity index (χ4n) is 7.71. The third-order valence-corrected chi connectivity index (χ3v) is 9.96. The molecule has 0 spiro atoms. The minimum atomic E-state index is 0.882. The van der Waals surface area contributed by atoms with Crippen LogP contribution in [0.3, 0.4) is 0 Å². The first-order chi connectivity index (χ1) is 25.3. The van der Waals surface area contributed by atoms with Crippen LogP contribution in [0.4, 0.5) is 17.1 Å². The lowest BCUT2D eigenvalue weighted by atomic mass is 9.94. The molecule has 0 aliphatic rings. The van der Waals surface area contributed by atoms with Crippen LogP contribution in [0.1, 0.15) is 0 Å². The number of rotatable bonds is 6. The highest BCUT2D eigenvalue weighted by atomic mass is 16.3. The van der Waals surface area contributed by atoms with Gasteiger partial charge in [-0.1, -0.05) is 133 Å². The molecule has 0 aliphatic heterocycles. The minimum Gasteiger partial charge on any atom is -0.456 e. The van der Waals surface area contributed by atoms with Crippen LogP contribution in [0.25, 0.3) is 71.7 Å². The number of fused-ring (bicyclic) bond motifs is 6. The molecule has 0 N–H and O–H groups in total. The monoisotopic (exact) mass is 652 g/mol. The van der Waals surface area contributed by atoms with Crippen molar-refractivity contribution >= 4 is 60.8 Å². The highest BCUT2D eigenvalue weighted by Gasteiger charge is 2.24. The van der Waals surface area contributed by atoms with Gasteiger partial charge in [0.25, 0.3) is 0 Å². The van der Waals surface area contributed by atoms with E-state index in [1.165, 1.54) is 33.0 Å². The number of nitrogens with zero attached hydrogens (tertiary/aromatic N) is 2. The molecule has 8 aromatic carbocycles. The average Bonchev–Trinajstić information content (AvgIpc) is 3.74. The molecule has 0 fully saturated rings. The summed E-state index contributed by atoms with van der Waals surface area (Å²) in [6.07, 6.45) is 0. The summed E-state index contributed by atoms with van der Waals surface area (Å²) >= 11 is 0. The number of para-hydroxylation sites is 3. The number of benzene rings is 8. The SMILES string of the molecule is c1ccc(-c2ccc(N(c3ccccc3)c3ccc4c5c(-c6ccccc6)c6c(cc5n(-c5ccccc5)c4c3)oc3ccccc36)cc2)cc1. The zero-order valence-electron chi connectivity index (χ0n) is 27.8. The van der Waals surface area contributed by atoms with Gasteiger partial charge in [0.05, 0.1) is 11.0 Å². The van der Waals surface area contributed by atoms with Gasteiger partial charge in [0.1, 0.15) is 11.2 Å². The van der Waals surface area contributed by atoms with Gasteiger partial charge in [0, 0.05) is 55.9 Å². The molecule has 240 valence electrons. The molecule has 10 aromatic rings. The maximum atomic E-state index is 6.61. The number of anilines is 3. The first-order valence-electron chi connectivity index (χ1n) is 17.4. The number of hydrogen-bond acceptors (Lipinski definition) is 2. The second-order valence-corrected chi connectivity index (χ2v) is 12.9. The molecule has 51 heavy (non-hydrogen) atoms. The van der Waals surface area contributed by atoms with Crippen molar-refractivity contribution in [2.75, 3.05) is 4.90 Å². The Morgan fingerprint density at radius 1 is 0.373 bits per heavy atom. The predicted octanol–water partition coefficient (Wildman–Crippen LogP) is 13.5. The van der Waals surface area contributed by atoms with Crippen LogP contribution in [-0.4, -0.2) is 4.57 Å². The van der Waals surface area contributed by atoms with Gasteiger partial charge >= 0.3 is 0 Å².